The number of amides is 1. The summed E-state index contributed by atoms with van der Waals surface area (Å²) < 4.78 is 0. The van der Waals surface area contributed by atoms with E-state index >= 15 is 0 Å². The minimum absolute atomic E-state index is 0. The van der Waals surface area contributed by atoms with Crippen molar-refractivity contribution < 1.29 is 4.79 Å². The van der Waals surface area contributed by atoms with Crippen molar-refractivity contribution in [1.82, 2.24) is 15.5 Å². The highest BCUT2D eigenvalue weighted by Gasteiger charge is 2.14. The maximum Gasteiger partial charge on any atom is 0.220 e. The third kappa shape index (κ3) is 9.69. The van der Waals surface area contributed by atoms with Gasteiger partial charge in [0.05, 0.1) is 6.04 Å². The van der Waals surface area contributed by atoms with Crippen molar-refractivity contribution in [3.63, 3.8) is 0 Å². The predicted molar refractivity (Wildman–Crippen MR) is 93.5 cm³/mol. The number of halogens is 2. The average Bonchev–Trinajstić information content (AvgIpc) is 2.39. The van der Waals surface area contributed by atoms with Crippen molar-refractivity contribution in [3.8, 4) is 0 Å². The van der Waals surface area contributed by atoms with Gasteiger partial charge in [0.1, 0.15) is 0 Å². The minimum atomic E-state index is 0. The van der Waals surface area contributed by atoms with Crippen molar-refractivity contribution in [2.75, 3.05) is 34.2 Å². The SMILES string of the molecule is CNCCCC(=O)NC(CN(C)C)c1ccccc1.Cl.Cl. The maximum absolute atomic E-state index is 11.9. The van der Waals surface area contributed by atoms with Gasteiger partial charge in [0.25, 0.3) is 0 Å². The van der Waals surface area contributed by atoms with Crippen molar-refractivity contribution in [2.24, 2.45) is 0 Å². The Morgan fingerprint density at radius 3 is 2.33 bits per heavy atom. The summed E-state index contributed by atoms with van der Waals surface area (Å²) in [7, 11) is 5.93. The van der Waals surface area contributed by atoms with Gasteiger partial charge in [0, 0.05) is 13.0 Å². The van der Waals surface area contributed by atoms with Crippen LogP contribution in [0.3, 0.4) is 0 Å². The Hall–Kier alpha value is -0.810. The Morgan fingerprint density at radius 1 is 1.19 bits per heavy atom. The molecule has 0 aliphatic carbocycles. The van der Waals surface area contributed by atoms with Crippen LogP contribution in [0.25, 0.3) is 0 Å². The predicted octanol–water partition coefficient (Wildman–Crippen LogP) is 2.25. The molecular weight excluding hydrogens is 309 g/mol. The van der Waals surface area contributed by atoms with E-state index in [4.69, 9.17) is 0 Å². The molecule has 0 fully saturated rings. The van der Waals surface area contributed by atoms with E-state index in [-0.39, 0.29) is 36.8 Å². The second-order valence-electron chi connectivity index (χ2n) is 5.00. The molecule has 1 aromatic rings. The molecule has 1 amide bonds. The largest absolute Gasteiger partial charge is 0.348 e. The summed E-state index contributed by atoms with van der Waals surface area (Å²) in [5.74, 6) is 0.117. The molecule has 1 atom stereocenters. The lowest BCUT2D eigenvalue weighted by Gasteiger charge is -2.23. The van der Waals surface area contributed by atoms with E-state index in [1.807, 2.05) is 39.3 Å². The first-order valence-electron chi connectivity index (χ1n) is 6.77. The monoisotopic (exact) mass is 335 g/mol. The van der Waals surface area contributed by atoms with E-state index in [2.05, 4.69) is 27.7 Å². The number of benzene rings is 1. The summed E-state index contributed by atoms with van der Waals surface area (Å²) in [4.78, 5) is 14.0. The van der Waals surface area contributed by atoms with Crippen LogP contribution >= 0.6 is 24.8 Å². The fraction of sp³-hybridized carbons (Fsp3) is 0.533. The Balaban J connectivity index is 0. The first kappa shape index (κ1) is 22.5. The lowest BCUT2D eigenvalue weighted by molar-refractivity contribution is -0.122. The van der Waals surface area contributed by atoms with Gasteiger partial charge in [-0.25, -0.2) is 0 Å². The topological polar surface area (TPSA) is 44.4 Å². The number of hydrogen-bond donors (Lipinski definition) is 2. The van der Waals surface area contributed by atoms with Gasteiger partial charge in [0.2, 0.25) is 5.91 Å². The summed E-state index contributed by atoms with van der Waals surface area (Å²) in [6, 6.07) is 10.2. The van der Waals surface area contributed by atoms with Gasteiger partial charge in [-0.05, 0) is 39.7 Å². The highest BCUT2D eigenvalue weighted by Crippen LogP contribution is 2.13. The number of hydrogen-bond acceptors (Lipinski definition) is 3. The molecule has 4 nitrogen and oxygen atoms in total. The van der Waals surface area contributed by atoms with Crippen LogP contribution in [0, 0.1) is 0 Å². The Bertz CT molecular complexity index is 374. The molecule has 21 heavy (non-hydrogen) atoms. The van der Waals surface area contributed by atoms with Gasteiger partial charge >= 0.3 is 0 Å². The van der Waals surface area contributed by atoms with E-state index in [0.717, 1.165) is 25.1 Å². The van der Waals surface area contributed by atoms with Crippen LogP contribution in [-0.4, -0.2) is 45.0 Å². The molecule has 0 bridgehead atoms. The molecule has 0 radical (unpaired) electrons. The van der Waals surface area contributed by atoms with E-state index < -0.39 is 0 Å². The van der Waals surface area contributed by atoms with Crippen molar-refractivity contribution >= 4 is 30.7 Å². The van der Waals surface area contributed by atoms with Gasteiger partial charge in [-0.2, -0.15) is 0 Å². The van der Waals surface area contributed by atoms with E-state index in [0.29, 0.717) is 6.42 Å². The van der Waals surface area contributed by atoms with Crippen LogP contribution in [-0.2, 0) is 4.79 Å². The van der Waals surface area contributed by atoms with E-state index in [1.54, 1.807) is 0 Å². The molecule has 0 spiro atoms. The Kier molecular flexibility index (Phi) is 13.8. The number of carbonyl (C=O) groups is 1. The fourth-order valence-corrected chi connectivity index (χ4v) is 1.98. The molecule has 0 saturated heterocycles. The molecular formula is C15H27Cl2N3O. The molecule has 0 heterocycles. The highest BCUT2D eigenvalue weighted by atomic mass is 35.5. The third-order valence-electron chi connectivity index (χ3n) is 2.92. The van der Waals surface area contributed by atoms with Gasteiger partial charge in [-0.1, -0.05) is 30.3 Å². The number of rotatable bonds is 8. The Labute approximate surface area is 140 Å². The highest BCUT2D eigenvalue weighted by molar-refractivity contribution is 5.85. The fourth-order valence-electron chi connectivity index (χ4n) is 1.98. The summed E-state index contributed by atoms with van der Waals surface area (Å²) in [6.45, 7) is 1.68. The summed E-state index contributed by atoms with van der Waals surface area (Å²) in [6.07, 6.45) is 1.43. The van der Waals surface area contributed by atoms with Gasteiger partial charge in [-0.3, -0.25) is 4.79 Å². The Morgan fingerprint density at radius 2 is 1.81 bits per heavy atom. The first-order valence-corrected chi connectivity index (χ1v) is 6.77. The van der Waals surface area contributed by atoms with Crippen LogP contribution in [0.1, 0.15) is 24.4 Å². The van der Waals surface area contributed by atoms with Crippen LogP contribution in [0.5, 0.6) is 0 Å². The molecule has 1 unspecified atom stereocenters. The van der Waals surface area contributed by atoms with Gasteiger partial charge < -0.3 is 15.5 Å². The number of nitrogens with one attached hydrogen (secondary N) is 2. The zero-order valence-corrected chi connectivity index (χ0v) is 14.6. The molecule has 0 aliphatic heterocycles. The van der Waals surface area contributed by atoms with Gasteiger partial charge in [-0.15, -0.1) is 24.8 Å². The molecule has 0 saturated carbocycles. The maximum atomic E-state index is 11.9. The van der Waals surface area contributed by atoms with E-state index in [1.165, 1.54) is 0 Å². The van der Waals surface area contributed by atoms with Crippen molar-refractivity contribution in [1.29, 1.82) is 0 Å². The average molecular weight is 336 g/mol. The first-order chi connectivity index (χ1) is 9.13. The second-order valence-corrected chi connectivity index (χ2v) is 5.00. The molecule has 1 rings (SSSR count). The summed E-state index contributed by atoms with van der Waals surface area (Å²) in [5, 5.41) is 6.17. The molecule has 1 aromatic carbocycles. The minimum Gasteiger partial charge on any atom is -0.348 e. The number of nitrogens with zero attached hydrogens (tertiary/aromatic N) is 1. The van der Waals surface area contributed by atoms with Crippen LogP contribution in [0.4, 0.5) is 0 Å². The number of carbonyl (C=O) groups excluding carboxylic acids is 1. The zero-order chi connectivity index (χ0) is 14.1. The molecule has 122 valence electrons. The zero-order valence-electron chi connectivity index (χ0n) is 13.0. The van der Waals surface area contributed by atoms with E-state index in [9.17, 15) is 4.79 Å². The smallest absolute Gasteiger partial charge is 0.220 e. The normalized spacial score (nSPS) is 11.2. The lowest BCUT2D eigenvalue weighted by Crippen LogP contribution is -2.35. The van der Waals surface area contributed by atoms with Crippen LogP contribution < -0.4 is 10.6 Å². The number of likely N-dealkylation sites (N-methyl/N-ethyl adjacent to an activating group) is 1. The quantitative estimate of drug-likeness (QED) is 0.716. The lowest BCUT2D eigenvalue weighted by atomic mass is 10.1. The third-order valence-corrected chi connectivity index (χ3v) is 2.92. The molecule has 0 aromatic heterocycles. The second kappa shape index (κ2) is 12.9. The van der Waals surface area contributed by atoms with Gasteiger partial charge in [0.15, 0.2) is 0 Å². The van der Waals surface area contributed by atoms with Crippen LogP contribution in [0.15, 0.2) is 30.3 Å². The summed E-state index contributed by atoms with van der Waals surface area (Å²) in [5.41, 5.74) is 1.15. The molecule has 2 N–H and O–H groups in total. The van der Waals surface area contributed by atoms with Crippen LogP contribution in [0.2, 0.25) is 0 Å². The standard InChI is InChI=1S/C15H25N3O.2ClH/c1-16-11-7-10-15(19)17-14(12-18(2)3)13-8-5-4-6-9-13;;/h4-6,8-9,14,16H,7,10-12H2,1-3H3,(H,17,19);2*1H. The van der Waals surface area contributed by atoms with Crippen molar-refractivity contribution in [3.05, 3.63) is 35.9 Å². The molecule has 6 heteroatoms. The summed E-state index contributed by atoms with van der Waals surface area (Å²) >= 11 is 0. The van der Waals surface area contributed by atoms with Crippen molar-refractivity contribution in [2.45, 2.75) is 18.9 Å². The molecule has 0 aliphatic rings.